The van der Waals surface area contributed by atoms with Crippen LogP contribution in [0.4, 0.5) is 0 Å². The van der Waals surface area contributed by atoms with E-state index >= 15 is 0 Å². The predicted octanol–water partition coefficient (Wildman–Crippen LogP) is 3.51. The molecule has 2 atom stereocenters. The zero-order chi connectivity index (χ0) is 12.3. The van der Waals surface area contributed by atoms with Gasteiger partial charge in [-0.1, -0.05) is 6.42 Å². The molecule has 4 rings (SSSR count). The largest absolute Gasteiger partial charge is 0.478 e. The van der Waals surface area contributed by atoms with Crippen LogP contribution in [0.25, 0.3) is 10.2 Å². The Labute approximate surface area is 108 Å². The zero-order valence-corrected chi connectivity index (χ0v) is 10.6. The summed E-state index contributed by atoms with van der Waals surface area (Å²) in [4.78, 5) is 15.6. The van der Waals surface area contributed by atoms with E-state index in [2.05, 4.69) is 4.98 Å². The number of carboxylic acid groups (broad SMARTS) is 1. The number of aromatic carboxylic acids is 1. The standard InChI is InChI=1S/C14H13NO2S/c16-14(17)7-4-5-10-11(6-7)18-13(15-10)12-8-2-1-3-9(8)12/h4-6,8-9,12H,1-3H2,(H,16,17). The molecule has 4 heteroatoms. The van der Waals surface area contributed by atoms with Crippen LogP contribution in [0.3, 0.4) is 0 Å². The van der Waals surface area contributed by atoms with Crippen molar-refractivity contribution in [2.24, 2.45) is 11.8 Å². The van der Waals surface area contributed by atoms with Crippen molar-refractivity contribution in [2.45, 2.75) is 25.2 Å². The number of fused-ring (bicyclic) bond motifs is 2. The van der Waals surface area contributed by atoms with E-state index in [0.717, 1.165) is 22.1 Å². The fourth-order valence-electron chi connectivity index (χ4n) is 3.41. The quantitative estimate of drug-likeness (QED) is 0.897. The Balaban J connectivity index is 1.73. The third-order valence-electron chi connectivity index (χ3n) is 4.34. The van der Waals surface area contributed by atoms with Crippen molar-refractivity contribution < 1.29 is 9.90 Å². The summed E-state index contributed by atoms with van der Waals surface area (Å²) in [6.07, 6.45) is 4.08. The monoisotopic (exact) mass is 259 g/mol. The van der Waals surface area contributed by atoms with E-state index in [1.807, 2.05) is 6.07 Å². The number of thiazole rings is 1. The second-order valence-electron chi connectivity index (χ2n) is 5.32. The Morgan fingerprint density at radius 1 is 1.33 bits per heavy atom. The highest BCUT2D eigenvalue weighted by Gasteiger charge is 2.54. The summed E-state index contributed by atoms with van der Waals surface area (Å²) in [5.74, 6) is 1.54. The minimum absolute atomic E-state index is 0.355. The van der Waals surface area contributed by atoms with Crippen molar-refractivity contribution in [3.05, 3.63) is 28.8 Å². The average Bonchev–Trinajstić information content (AvgIpc) is 2.78. The van der Waals surface area contributed by atoms with Gasteiger partial charge in [0.25, 0.3) is 0 Å². The Kier molecular flexibility index (Phi) is 2.07. The van der Waals surface area contributed by atoms with Crippen LogP contribution in [-0.2, 0) is 0 Å². The topological polar surface area (TPSA) is 50.2 Å². The number of hydrogen-bond acceptors (Lipinski definition) is 3. The minimum atomic E-state index is -0.866. The van der Waals surface area contributed by atoms with Gasteiger partial charge in [-0.3, -0.25) is 0 Å². The fraction of sp³-hybridized carbons (Fsp3) is 0.429. The van der Waals surface area contributed by atoms with Gasteiger partial charge in [0, 0.05) is 5.92 Å². The number of carbonyl (C=O) groups is 1. The molecular formula is C14H13NO2S. The molecule has 1 N–H and O–H groups in total. The van der Waals surface area contributed by atoms with Gasteiger partial charge in [-0.2, -0.15) is 0 Å². The van der Waals surface area contributed by atoms with Crippen LogP contribution in [-0.4, -0.2) is 16.1 Å². The molecule has 2 aromatic rings. The highest BCUT2D eigenvalue weighted by molar-refractivity contribution is 7.18. The maximum absolute atomic E-state index is 10.9. The summed E-state index contributed by atoms with van der Waals surface area (Å²) in [6, 6.07) is 5.22. The molecule has 0 bridgehead atoms. The number of hydrogen-bond donors (Lipinski definition) is 1. The Morgan fingerprint density at radius 3 is 2.83 bits per heavy atom. The number of rotatable bonds is 2. The molecule has 1 aromatic carbocycles. The SMILES string of the molecule is O=C(O)c1ccc2nc(C3C4CCCC43)sc2c1. The molecule has 3 nitrogen and oxygen atoms in total. The summed E-state index contributed by atoms with van der Waals surface area (Å²) >= 11 is 1.68. The Hall–Kier alpha value is -1.42. The van der Waals surface area contributed by atoms with Gasteiger partial charge in [0.05, 0.1) is 20.8 Å². The van der Waals surface area contributed by atoms with Crippen LogP contribution >= 0.6 is 11.3 Å². The van der Waals surface area contributed by atoms with Crippen LogP contribution in [0.5, 0.6) is 0 Å². The molecule has 2 aliphatic carbocycles. The lowest BCUT2D eigenvalue weighted by atomic mass is 10.1. The van der Waals surface area contributed by atoms with Crippen LogP contribution in [0.2, 0.25) is 0 Å². The van der Waals surface area contributed by atoms with Gasteiger partial charge in [0.1, 0.15) is 0 Å². The first-order valence-corrected chi connectivity index (χ1v) is 7.19. The second kappa shape index (κ2) is 3.54. The highest BCUT2D eigenvalue weighted by Crippen LogP contribution is 2.63. The van der Waals surface area contributed by atoms with Gasteiger partial charge < -0.3 is 5.11 Å². The van der Waals surface area contributed by atoms with Crippen molar-refractivity contribution in [1.82, 2.24) is 4.98 Å². The molecule has 18 heavy (non-hydrogen) atoms. The van der Waals surface area contributed by atoms with E-state index in [1.165, 1.54) is 24.3 Å². The van der Waals surface area contributed by atoms with E-state index in [4.69, 9.17) is 5.11 Å². The smallest absolute Gasteiger partial charge is 0.335 e. The molecule has 2 unspecified atom stereocenters. The van der Waals surface area contributed by atoms with E-state index < -0.39 is 5.97 Å². The number of carboxylic acids is 1. The summed E-state index contributed by atoms with van der Waals surface area (Å²) in [5.41, 5.74) is 1.30. The highest BCUT2D eigenvalue weighted by atomic mass is 32.1. The molecule has 0 amide bonds. The van der Waals surface area contributed by atoms with Gasteiger partial charge in [0.15, 0.2) is 0 Å². The lowest BCUT2D eigenvalue weighted by Crippen LogP contribution is -1.94. The van der Waals surface area contributed by atoms with Crippen LogP contribution in [0.1, 0.15) is 40.5 Å². The second-order valence-corrected chi connectivity index (χ2v) is 6.39. The Morgan fingerprint density at radius 2 is 2.11 bits per heavy atom. The first-order chi connectivity index (χ1) is 8.74. The summed E-state index contributed by atoms with van der Waals surface area (Å²) in [7, 11) is 0. The lowest BCUT2D eigenvalue weighted by molar-refractivity contribution is 0.0697. The van der Waals surface area contributed by atoms with Crippen LogP contribution < -0.4 is 0 Å². The molecule has 2 saturated carbocycles. The Bertz CT molecular complexity index is 638. The maximum Gasteiger partial charge on any atom is 0.335 e. The van der Waals surface area contributed by atoms with Crippen molar-refractivity contribution in [1.29, 1.82) is 0 Å². The number of aromatic nitrogens is 1. The van der Waals surface area contributed by atoms with Crippen LogP contribution in [0.15, 0.2) is 18.2 Å². The van der Waals surface area contributed by atoms with Gasteiger partial charge in [-0.25, -0.2) is 9.78 Å². The van der Waals surface area contributed by atoms with Gasteiger partial charge in [-0.05, 0) is 42.9 Å². The van der Waals surface area contributed by atoms with Crippen molar-refractivity contribution in [3.8, 4) is 0 Å². The molecule has 0 spiro atoms. The van der Waals surface area contributed by atoms with Crippen molar-refractivity contribution in [3.63, 3.8) is 0 Å². The summed E-state index contributed by atoms with van der Waals surface area (Å²) < 4.78 is 1.01. The van der Waals surface area contributed by atoms with Crippen molar-refractivity contribution >= 4 is 27.5 Å². The molecular weight excluding hydrogens is 246 g/mol. The average molecular weight is 259 g/mol. The third-order valence-corrected chi connectivity index (χ3v) is 5.46. The van der Waals surface area contributed by atoms with E-state index in [1.54, 1.807) is 23.5 Å². The molecule has 0 aliphatic heterocycles. The first kappa shape index (κ1) is 10.5. The molecule has 1 heterocycles. The summed E-state index contributed by atoms with van der Waals surface area (Å²) in [5, 5.41) is 10.2. The molecule has 92 valence electrons. The minimum Gasteiger partial charge on any atom is -0.478 e. The van der Waals surface area contributed by atoms with Gasteiger partial charge >= 0.3 is 5.97 Å². The molecule has 2 fully saturated rings. The fourth-order valence-corrected chi connectivity index (χ4v) is 4.66. The lowest BCUT2D eigenvalue weighted by Gasteiger charge is -1.96. The van der Waals surface area contributed by atoms with E-state index in [0.29, 0.717) is 11.5 Å². The van der Waals surface area contributed by atoms with Gasteiger partial charge in [-0.15, -0.1) is 11.3 Å². The molecule has 2 aliphatic rings. The maximum atomic E-state index is 10.9. The molecule has 0 radical (unpaired) electrons. The van der Waals surface area contributed by atoms with Crippen LogP contribution in [0, 0.1) is 11.8 Å². The van der Waals surface area contributed by atoms with Crippen molar-refractivity contribution in [2.75, 3.05) is 0 Å². The van der Waals surface area contributed by atoms with Gasteiger partial charge in [0.2, 0.25) is 0 Å². The molecule has 1 aromatic heterocycles. The number of benzene rings is 1. The zero-order valence-electron chi connectivity index (χ0n) is 9.80. The summed E-state index contributed by atoms with van der Waals surface area (Å²) in [6.45, 7) is 0. The van der Waals surface area contributed by atoms with E-state index in [9.17, 15) is 4.79 Å². The first-order valence-electron chi connectivity index (χ1n) is 6.38. The third kappa shape index (κ3) is 1.42. The van der Waals surface area contributed by atoms with E-state index in [-0.39, 0.29) is 0 Å². The predicted molar refractivity (Wildman–Crippen MR) is 70.2 cm³/mol. The molecule has 0 saturated heterocycles. The number of nitrogens with zero attached hydrogens (tertiary/aromatic N) is 1. The normalized spacial score (nSPS) is 29.4.